The highest BCUT2D eigenvalue weighted by Gasteiger charge is 2.37. The molecule has 12 heavy (non-hydrogen) atoms. The maximum Gasteiger partial charge on any atom is 0.261 e. The summed E-state index contributed by atoms with van der Waals surface area (Å²) in [6.45, 7) is 0. The fraction of sp³-hybridized carbons (Fsp3) is 0. The molecule has 4 heterocycles. The molecule has 0 unspecified atom stereocenters. The van der Waals surface area contributed by atoms with Gasteiger partial charge in [-0.3, -0.25) is 0 Å². The van der Waals surface area contributed by atoms with Crippen molar-refractivity contribution in [3.63, 3.8) is 0 Å². The summed E-state index contributed by atoms with van der Waals surface area (Å²) in [7, 11) is -3.32. The Bertz CT molecular complexity index is 585. The van der Waals surface area contributed by atoms with Crippen molar-refractivity contribution >= 4 is 21.0 Å². The molecule has 0 aliphatic carbocycles. The van der Waals surface area contributed by atoms with E-state index >= 15 is 0 Å². The first-order valence-corrected chi connectivity index (χ1v) is 4.64. The lowest BCUT2D eigenvalue weighted by Gasteiger charge is -2.11. The Hall–Kier alpha value is -1.50. The molecule has 7 heteroatoms. The van der Waals surface area contributed by atoms with Crippen LogP contribution < -0.4 is 0 Å². The predicted octanol–water partition coefficient (Wildman–Crippen LogP) is -0.501. The first kappa shape index (κ1) is 6.06. The second-order valence-corrected chi connectivity index (χ2v) is 4.17. The number of hydrogen-bond donors (Lipinski definition) is 1. The molecule has 60 valence electrons. The minimum atomic E-state index is -3.32. The van der Waals surface area contributed by atoms with Crippen LogP contribution in [0.2, 0.25) is 0 Å². The van der Waals surface area contributed by atoms with Crippen LogP contribution in [0.25, 0.3) is 11.2 Å². The lowest BCUT2D eigenvalue weighted by molar-refractivity contribution is 0.563. The summed E-state index contributed by atoms with van der Waals surface area (Å²) in [6, 6.07) is 0. The van der Waals surface area contributed by atoms with Crippen molar-refractivity contribution in [2.24, 2.45) is 0 Å². The summed E-state index contributed by atoms with van der Waals surface area (Å²) in [5, 5.41) is -0.0721. The van der Waals surface area contributed by atoms with Crippen molar-refractivity contribution in [2.75, 3.05) is 0 Å². The third kappa shape index (κ3) is 0.453. The Morgan fingerprint density at radius 2 is 2.17 bits per heavy atom. The molecule has 0 saturated heterocycles. The second kappa shape index (κ2) is 1.48. The van der Waals surface area contributed by atoms with E-state index in [-0.39, 0.29) is 10.2 Å². The molecule has 2 aromatic heterocycles. The summed E-state index contributed by atoms with van der Waals surface area (Å²) in [5.41, 5.74) is 0.801. The van der Waals surface area contributed by atoms with Gasteiger partial charge >= 0.3 is 0 Å². The lowest BCUT2D eigenvalue weighted by Crippen LogP contribution is -2.20. The van der Waals surface area contributed by atoms with Gasteiger partial charge in [-0.1, -0.05) is 0 Å². The minimum absolute atomic E-state index is 0.0556. The van der Waals surface area contributed by atoms with Crippen molar-refractivity contribution in [1.29, 1.82) is 0 Å². The highest BCUT2D eigenvalue weighted by molar-refractivity contribution is 7.92. The molecular formula is C5H2N4O2S. The van der Waals surface area contributed by atoms with Gasteiger partial charge in [-0.15, -0.1) is 0 Å². The van der Waals surface area contributed by atoms with Gasteiger partial charge in [-0.05, 0) is 0 Å². The largest absolute Gasteiger partial charge is 0.341 e. The molecule has 1 N–H and O–H groups in total. The average molecular weight is 182 g/mol. The van der Waals surface area contributed by atoms with E-state index < -0.39 is 9.84 Å². The van der Waals surface area contributed by atoms with Gasteiger partial charge in [0.1, 0.15) is 5.52 Å². The second-order valence-electron chi connectivity index (χ2n) is 2.42. The summed E-state index contributed by atoms with van der Waals surface area (Å²) in [5.74, 6) is 0. The number of imidazole rings is 1. The van der Waals surface area contributed by atoms with E-state index in [2.05, 4.69) is 19.9 Å². The van der Waals surface area contributed by atoms with Crippen LogP contribution in [0.3, 0.4) is 0 Å². The van der Waals surface area contributed by atoms with Crippen molar-refractivity contribution < 1.29 is 8.42 Å². The van der Waals surface area contributed by atoms with Gasteiger partial charge in [-0.25, -0.2) is 18.4 Å². The fourth-order valence-electron chi connectivity index (χ4n) is 1.15. The van der Waals surface area contributed by atoms with Crippen molar-refractivity contribution in [1.82, 2.24) is 19.9 Å². The van der Waals surface area contributed by atoms with E-state index in [9.17, 15) is 8.42 Å². The zero-order chi connectivity index (χ0) is 8.34. The molecular weight excluding hydrogens is 180 g/mol. The van der Waals surface area contributed by atoms with Crippen molar-refractivity contribution in [2.45, 2.75) is 10.2 Å². The predicted molar refractivity (Wildman–Crippen MR) is 37.1 cm³/mol. The van der Waals surface area contributed by atoms with Crippen LogP contribution in [-0.2, 0) is 9.84 Å². The third-order valence-corrected chi connectivity index (χ3v) is 3.19. The fourth-order valence-corrected chi connectivity index (χ4v) is 2.23. The van der Waals surface area contributed by atoms with Gasteiger partial charge in [0.15, 0.2) is 10.7 Å². The molecule has 0 radical (unpaired) electrons. The standard InChI is InChI=1S/C5H2N4O2S/c10-12(11)4-2-3(7-1-6-2)8-5(12)9-4/h1H,(H,6,7,8,9). The van der Waals surface area contributed by atoms with Gasteiger partial charge in [0.2, 0.25) is 0 Å². The number of sulfone groups is 1. The number of aromatic nitrogens is 4. The number of nitrogens with zero attached hydrogens (tertiary/aromatic N) is 3. The number of hydrogen-bond acceptors (Lipinski definition) is 5. The molecule has 4 rings (SSSR count). The zero-order valence-electron chi connectivity index (χ0n) is 5.64. The molecule has 2 aliphatic rings. The number of rotatable bonds is 0. The van der Waals surface area contributed by atoms with Gasteiger partial charge in [0.25, 0.3) is 15.0 Å². The lowest BCUT2D eigenvalue weighted by atomic mass is 10.6. The Morgan fingerprint density at radius 3 is 2.92 bits per heavy atom. The molecule has 0 amide bonds. The van der Waals surface area contributed by atoms with E-state index in [1.54, 1.807) is 0 Å². The van der Waals surface area contributed by atoms with Gasteiger partial charge in [0.05, 0.1) is 6.33 Å². The van der Waals surface area contributed by atoms with Gasteiger partial charge in [0, 0.05) is 0 Å². The first-order chi connectivity index (χ1) is 5.69. The van der Waals surface area contributed by atoms with E-state index in [1.165, 1.54) is 6.33 Å². The molecule has 0 aromatic carbocycles. The summed E-state index contributed by atoms with van der Waals surface area (Å²) < 4.78 is 22.4. The quantitative estimate of drug-likeness (QED) is 0.374. The molecule has 0 spiro atoms. The smallest absolute Gasteiger partial charge is 0.261 e. The molecule has 2 aromatic rings. The number of H-pyrrole nitrogens is 1. The van der Waals surface area contributed by atoms with Crippen LogP contribution in [0.15, 0.2) is 16.5 Å². The van der Waals surface area contributed by atoms with Gasteiger partial charge < -0.3 is 4.98 Å². The first-order valence-electron chi connectivity index (χ1n) is 3.16. The topological polar surface area (TPSA) is 88.6 Å². The molecule has 0 fully saturated rings. The summed E-state index contributed by atoms with van der Waals surface area (Å²) in [4.78, 5) is 13.9. The minimum Gasteiger partial charge on any atom is -0.341 e. The maximum absolute atomic E-state index is 11.2. The Labute approximate surface area is 66.6 Å². The zero-order valence-corrected chi connectivity index (χ0v) is 6.46. The van der Waals surface area contributed by atoms with Crippen molar-refractivity contribution in [3.05, 3.63) is 6.33 Å². The monoisotopic (exact) mass is 182 g/mol. The number of nitrogens with one attached hydrogen (secondary N) is 1. The molecule has 2 bridgehead atoms. The van der Waals surface area contributed by atoms with Crippen LogP contribution in [0, 0.1) is 0 Å². The van der Waals surface area contributed by atoms with E-state index in [4.69, 9.17) is 0 Å². The maximum atomic E-state index is 11.2. The Morgan fingerprint density at radius 1 is 1.33 bits per heavy atom. The Kier molecular flexibility index (Phi) is 0.750. The average Bonchev–Trinajstić information content (AvgIpc) is 2.49. The van der Waals surface area contributed by atoms with E-state index in [1.807, 2.05) is 0 Å². The third-order valence-electron chi connectivity index (χ3n) is 1.73. The SMILES string of the molecule is O=S1(=O)c2nc1c1[nH]cnc1n2. The Balaban J connectivity index is 2.67. The molecule has 6 nitrogen and oxygen atoms in total. The number of aromatic amines is 1. The van der Waals surface area contributed by atoms with Crippen LogP contribution >= 0.6 is 0 Å². The summed E-state index contributed by atoms with van der Waals surface area (Å²) in [6.07, 6.45) is 1.40. The molecule has 0 saturated carbocycles. The van der Waals surface area contributed by atoms with Crippen molar-refractivity contribution in [3.8, 4) is 0 Å². The van der Waals surface area contributed by atoms with E-state index in [0.717, 1.165) is 0 Å². The molecule has 0 atom stereocenters. The summed E-state index contributed by atoms with van der Waals surface area (Å²) >= 11 is 0. The normalized spacial score (nSPS) is 17.7. The van der Waals surface area contributed by atoms with Crippen LogP contribution in [0.1, 0.15) is 0 Å². The van der Waals surface area contributed by atoms with Crippen LogP contribution in [0.5, 0.6) is 0 Å². The molecule has 2 aliphatic heterocycles. The highest BCUT2D eigenvalue weighted by Crippen LogP contribution is 2.30. The van der Waals surface area contributed by atoms with Crippen LogP contribution in [-0.4, -0.2) is 28.4 Å². The highest BCUT2D eigenvalue weighted by atomic mass is 32.2. The van der Waals surface area contributed by atoms with Crippen LogP contribution in [0.4, 0.5) is 0 Å². The van der Waals surface area contributed by atoms with E-state index in [0.29, 0.717) is 11.2 Å². The van der Waals surface area contributed by atoms with Gasteiger partial charge in [-0.2, -0.15) is 4.98 Å².